The minimum atomic E-state index is 0.782. The number of nitrogens with zero attached hydrogens (tertiary/aromatic N) is 1. The smallest absolute Gasteiger partial charge is 0.0175 e. The van der Waals surface area contributed by atoms with E-state index >= 15 is 0 Å². The normalized spacial score (nSPS) is 26.0. The van der Waals surface area contributed by atoms with E-state index in [0.717, 1.165) is 12.0 Å². The average Bonchev–Trinajstić information content (AvgIpc) is 2.30. The maximum Gasteiger partial charge on any atom is 0.0175 e. The average molecular weight is 282 g/mol. The van der Waals surface area contributed by atoms with E-state index < -0.39 is 0 Å². The first kappa shape index (κ1) is 12.1. The van der Waals surface area contributed by atoms with Gasteiger partial charge < -0.3 is 4.90 Å². The van der Waals surface area contributed by atoms with Crippen molar-refractivity contribution in [3.8, 4) is 0 Å². The van der Waals surface area contributed by atoms with E-state index in [0.29, 0.717) is 0 Å². The molecule has 1 aliphatic carbocycles. The molecule has 2 rings (SSSR count). The molecule has 0 N–H and O–H groups in total. The van der Waals surface area contributed by atoms with Gasteiger partial charge >= 0.3 is 0 Å². The monoisotopic (exact) mass is 281 g/mol. The molecule has 1 saturated carbocycles. The fourth-order valence-corrected chi connectivity index (χ4v) is 2.92. The van der Waals surface area contributed by atoms with Gasteiger partial charge in [-0.05, 0) is 63.4 Å². The van der Waals surface area contributed by atoms with Crippen molar-refractivity contribution in [1.29, 1.82) is 0 Å². The van der Waals surface area contributed by atoms with E-state index in [4.69, 9.17) is 0 Å². The number of benzene rings is 1. The van der Waals surface area contributed by atoms with Crippen LogP contribution in [0.1, 0.15) is 37.2 Å². The molecule has 1 aromatic rings. The van der Waals surface area contributed by atoms with Gasteiger partial charge in [-0.25, -0.2) is 0 Å². The molecule has 1 aromatic carbocycles. The highest BCUT2D eigenvalue weighted by molar-refractivity contribution is 9.10. The molecule has 2 heteroatoms. The van der Waals surface area contributed by atoms with E-state index in [9.17, 15) is 0 Å². The molecule has 1 nitrogen and oxygen atoms in total. The third-order valence-electron chi connectivity index (χ3n) is 3.77. The lowest BCUT2D eigenvalue weighted by molar-refractivity contribution is 0.216. The Kier molecular flexibility index (Phi) is 4.04. The third kappa shape index (κ3) is 2.86. The second-order valence-electron chi connectivity index (χ2n) is 5.02. The van der Waals surface area contributed by atoms with Crippen LogP contribution in [0, 0.1) is 0 Å². The Morgan fingerprint density at radius 3 is 2.06 bits per heavy atom. The predicted octanol–water partition coefficient (Wildman–Crippen LogP) is 4.04. The molecule has 0 radical (unpaired) electrons. The zero-order valence-electron chi connectivity index (χ0n) is 10.1. The molecule has 16 heavy (non-hydrogen) atoms. The molecular weight excluding hydrogens is 262 g/mol. The van der Waals surface area contributed by atoms with Gasteiger partial charge in [0.2, 0.25) is 0 Å². The van der Waals surface area contributed by atoms with Crippen molar-refractivity contribution in [2.45, 2.75) is 37.6 Å². The van der Waals surface area contributed by atoms with Crippen molar-refractivity contribution < 1.29 is 0 Å². The van der Waals surface area contributed by atoms with Gasteiger partial charge in [-0.1, -0.05) is 28.1 Å². The lowest BCUT2D eigenvalue weighted by Crippen LogP contribution is -2.31. The SMILES string of the molecule is CN(C)C1CCC(c2ccc(Br)cc2)CC1. The van der Waals surface area contributed by atoms with E-state index in [1.165, 1.54) is 35.7 Å². The maximum atomic E-state index is 3.49. The molecule has 1 aliphatic rings. The van der Waals surface area contributed by atoms with Crippen molar-refractivity contribution in [3.05, 3.63) is 34.3 Å². The summed E-state index contributed by atoms with van der Waals surface area (Å²) in [6, 6.07) is 9.66. The summed E-state index contributed by atoms with van der Waals surface area (Å²) in [7, 11) is 4.40. The molecule has 0 amide bonds. The molecule has 0 saturated heterocycles. The molecule has 0 unspecified atom stereocenters. The molecule has 88 valence electrons. The van der Waals surface area contributed by atoms with Crippen LogP contribution in [0.4, 0.5) is 0 Å². The van der Waals surface area contributed by atoms with Crippen LogP contribution in [-0.2, 0) is 0 Å². The molecular formula is C14H20BrN. The predicted molar refractivity (Wildman–Crippen MR) is 72.8 cm³/mol. The van der Waals surface area contributed by atoms with Crippen molar-refractivity contribution in [2.75, 3.05) is 14.1 Å². The lowest BCUT2D eigenvalue weighted by Gasteiger charge is -2.32. The zero-order chi connectivity index (χ0) is 11.5. The Balaban J connectivity index is 1.96. The van der Waals surface area contributed by atoms with Crippen LogP contribution in [0.5, 0.6) is 0 Å². The summed E-state index contributed by atoms with van der Waals surface area (Å²) in [4.78, 5) is 2.37. The Bertz CT molecular complexity index is 323. The van der Waals surface area contributed by atoms with Gasteiger partial charge in [-0.2, -0.15) is 0 Å². The fourth-order valence-electron chi connectivity index (χ4n) is 2.66. The van der Waals surface area contributed by atoms with Crippen LogP contribution >= 0.6 is 15.9 Å². The highest BCUT2D eigenvalue weighted by Crippen LogP contribution is 2.34. The molecule has 0 spiro atoms. The topological polar surface area (TPSA) is 3.24 Å². The van der Waals surface area contributed by atoms with Gasteiger partial charge in [0.25, 0.3) is 0 Å². The first-order chi connectivity index (χ1) is 7.66. The van der Waals surface area contributed by atoms with Crippen molar-refractivity contribution in [3.63, 3.8) is 0 Å². The minimum Gasteiger partial charge on any atom is -0.306 e. The lowest BCUT2D eigenvalue weighted by atomic mass is 9.81. The fraction of sp³-hybridized carbons (Fsp3) is 0.571. The van der Waals surface area contributed by atoms with Crippen LogP contribution in [0.3, 0.4) is 0 Å². The molecule has 0 aliphatic heterocycles. The van der Waals surface area contributed by atoms with Crippen molar-refractivity contribution in [2.24, 2.45) is 0 Å². The second-order valence-corrected chi connectivity index (χ2v) is 5.94. The van der Waals surface area contributed by atoms with E-state index in [2.05, 4.69) is 59.2 Å². The molecule has 0 bridgehead atoms. The van der Waals surface area contributed by atoms with Gasteiger partial charge in [-0.15, -0.1) is 0 Å². The van der Waals surface area contributed by atoms with Crippen LogP contribution < -0.4 is 0 Å². The Hall–Kier alpha value is -0.340. The van der Waals surface area contributed by atoms with Gasteiger partial charge in [0.05, 0.1) is 0 Å². The van der Waals surface area contributed by atoms with Crippen LogP contribution in [0.2, 0.25) is 0 Å². The quantitative estimate of drug-likeness (QED) is 0.791. The summed E-state index contributed by atoms with van der Waals surface area (Å²) in [6.07, 6.45) is 5.36. The van der Waals surface area contributed by atoms with E-state index in [-0.39, 0.29) is 0 Å². The first-order valence-corrected chi connectivity index (χ1v) is 6.88. The Labute approximate surface area is 107 Å². The third-order valence-corrected chi connectivity index (χ3v) is 4.30. The zero-order valence-corrected chi connectivity index (χ0v) is 11.7. The van der Waals surface area contributed by atoms with E-state index in [1.54, 1.807) is 0 Å². The number of rotatable bonds is 2. The van der Waals surface area contributed by atoms with Crippen molar-refractivity contribution >= 4 is 15.9 Å². The largest absolute Gasteiger partial charge is 0.306 e. The van der Waals surface area contributed by atoms with Gasteiger partial charge in [0.1, 0.15) is 0 Å². The number of hydrogen-bond acceptors (Lipinski definition) is 1. The maximum absolute atomic E-state index is 3.49. The Morgan fingerprint density at radius 1 is 1.00 bits per heavy atom. The van der Waals surface area contributed by atoms with Crippen LogP contribution in [0.15, 0.2) is 28.7 Å². The van der Waals surface area contributed by atoms with Gasteiger partial charge in [-0.3, -0.25) is 0 Å². The summed E-state index contributed by atoms with van der Waals surface area (Å²) in [5.74, 6) is 0.782. The number of hydrogen-bond donors (Lipinski definition) is 0. The Morgan fingerprint density at radius 2 is 1.56 bits per heavy atom. The van der Waals surface area contributed by atoms with Crippen molar-refractivity contribution in [1.82, 2.24) is 4.90 Å². The molecule has 0 atom stereocenters. The van der Waals surface area contributed by atoms with Crippen LogP contribution in [0.25, 0.3) is 0 Å². The summed E-state index contributed by atoms with van der Waals surface area (Å²) >= 11 is 3.49. The summed E-state index contributed by atoms with van der Waals surface area (Å²) in [6.45, 7) is 0. The minimum absolute atomic E-state index is 0.782. The van der Waals surface area contributed by atoms with Gasteiger partial charge in [0, 0.05) is 10.5 Å². The molecule has 0 heterocycles. The van der Waals surface area contributed by atoms with Gasteiger partial charge in [0.15, 0.2) is 0 Å². The standard InChI is InChI=1S/C14H20BrN/c1-16(2)14-9-5-12(6-10-14)11-3-7-13(15)8-4-11/h3-4,7-8,12,14H,5-6,9-10H2,1-2H3. The summed E-state index contributed by atoms with van der Waals surface area (Å²) < 4.78 is 1.18. The highest BCUT2D eigenvalue weighted by atomic mass is 79.9. The molecule has 1 fully saturated rings. The van der Waals surface area contributed by atoms with E-state index in [1.807, 2.05) is 0 Å². The summed E-state index contributed by atoms with van der Waals surface area (Å²) in [5.41, 5.74) is 1.51. The highest BCUT2D eigenvalue weighted by Gasteiger charge is 2.23. The van der Waals surface area contributed by atoms with Crippen LogP contribution in [-0.4, -0.2) is 25.0 Å². The molecule has 0 aromatic heterocycles. The first-order valence-electron chi connectivity index (χ1n) is 6.08. The summed E-state index contributed by atoms with van der Waals surface area (Å²) in [5, 5.41) is 0. The number of halogens is 1. The second kappa shape index (κ2) is 5.33.